The molecule has 0 saturated heterocycles. The van der Waals surface area contributed by atoms with Crippen molar-refractivity contribution in [3.05, 3.63) is 47.1 Å². The van der Waals surface area contributed by atoms with Crippen LogP contribution in [0.4, 0.5) is 5.69 Å². The van der Waals surface area contributed by atoms with Crippen molar-refractivity contribution in [2.75, 3.05) is 11.5 Å². The number of anilines is 1. The Labute approximate surface area is 156 Å². The van der Waals surface area contributed by atoms with Crippen molar-refractivity contribution in [2.45, 2.75) is 39.2 Å². The van der Waals surface area contributed by atoms with Gasteiger partial charge in [0, 0.05) is 16.6 Å². The first-order valence-corrected chi connectivity index (χ1v) is 9.72. The Balaban J connectivity index is 1.57. The Morgan fingerprint density at radius 1 is 1.23 bits per heavy atom. The third kappa shape index (κ3) is 3.05. The molecule has 134 valence electrons. The zero-order valence-corrected chi connectivity index (χ0v) is 15.8. The molecule has 4 rings (SSSR count). The third-order valence-electron chi connectivity index (χ3n) is 4.62. The first-order chi connectivity index (χ1) is 12.6. The van der Waals surface area contributed by atoms with E-state index >= 15 is 0 Å². The fraction of sp³-hybridized carbons (Fsp3) is 0.350. The maximum absolute atomic E-state index is 12.8. The van der Waals surface area contributed by atoms with Crippen molar-refractivity contribution in [1.29, 1.82) is 0 Å². The van der Waals surface area contributed by atoms with Crippen molar-refractivity contribution < 1.29 is 9.53 Å². The van der Waals surface area contributed by atoms with E-state index in [2.05, 4.69) is 9.97 Å². The van der Waals surface area contributed by atoms with E-state index in [0.29, 0.717) is 5.88 Å². The zero-order valence-electron chi connectivity index (χ0n) is 14.9. The standard InChI is InChI=1S/C20H21N3O2S/c1-13(2)23(14-7-4-3-5-8-14)17(24)11-25-19-18-15-9-6-10-16(15)26-20(18)22-12-21-19/h3-5,7-8,12-13H,6,9-11H2,1-2H3. The lowest BCUT2D eigenvalue weighted by Gasteiger charge is -2.26. The van der Waals surface area contributed by atoms with Gasteiger partial charge in [-0.05, 0) is 50.8 Å². The Kier molecular flexibility index (Phi) is 4.59. The van der Waals surface area contributed by atoms with E-state index in [0.717, 1.165) is 28.7 Å². The number of benzene rings is 1. The lowest BCUT2D eigenvalue weighted by Crippen LogP contribution is -2.40. The Hall–Kier alpha value is -2.47. The van der Waals surface area contributed by atoms with Gasteiger partial charge in [0.2, 0.25) is 5.88 Å². The van der Waals surface area contributed by atoms with E-state index in [1.807, 2.05) is 44.2 Å². The molecule has 0 bridgehead atoms. The Bertz CT molecular complexity index is 937. The van der Waals surface area contributed by atoms with Gasteiger partial charge in [0.15, 0.2) is 6.61 Å². The molecule has 0 N–H and O–H groups in total. The van der Waals surface area contributed by atoms with Gasteiger partial charge in [0.05, 0.1) is 5.39 Å². The van der Waals surface area contributed by atoms with Crippen LogP contribution in [0.15, 0.2) is 36.7 Å². The predicted octanol–water partition coefficient (Wildman–Crippen LogP) is 4.00. The second kappa shape index (κ2) is 7.03. The number of hydrogen-bond donors (Lipinski definition) is 0. The number of aromatic nitrogens is 2. The van der Waals surface area contributed by atoms with Crippen molar-refractivity contribution in [1.82, 2.24) is 9.97 Å². The first-order valence-electron chi connectivity index (χ1n) is 8.90. The summed E-state index contributed by atoms with van der Waals surface area (Å²) in [6, 6.07) is 9.73. The van der Waals surface area contributed by atoms with Crippen molar-refractivity contribution in [3.63, 3.8) is 0 Å². The summed E-state index contributed by atoms with van der Waals surface area (Å²) in [6.07, 6.45) is 4.82. The molecule has 0 atom stereocenters. The molecule has 0 saturated carbocycles. The zero-order chi connectivity index (χ0) is 18.1. The molecule has 26 heavy (non-hydrogen) atoms. The van der Waals surface area contributed by atoms with Crippen LogP contribution in [0.2, 0.25) is 0 Å². The quantitative estimate of drug-likeness (QED) is 0.684. The summed E-state index contributed by atoms with van der Waals surface area (Å²) in [6.45, 7) is 3.96. The number of fused-ring (bicyclic) bond motifs is 3. The van der Waals surface area contributed by atoms with Gasteiger partial charge in [-0.1, -0.05) is 18.2 Å². The molecule has 3 aromatic rings. The second-order valence-corrected chi connectivity index (χ2v) is 7.78. The molecule has 0 spiro atoms. The monoisotopic (exact) mass is 367 g/mol. The Morgan fingerprint density at radius 2 is 2.04 bits per heavy atom. The third-order valence-corrected chi connectivity index (χ3v) is 5.82. The number of aryl methyl sites for hydroxylation is 2. The van der Waals surface area contributed by atoms with Crippen LogP contribution in [0.1, 0.15) is 30.7 Å². The van der Waals surface area contributed by atoms with Gasteiger partial charge in [0.1, 0.15) is 11.2 Å². The molecule has 1 amide bonds. The number of ether oxygens (including phenoxy) is 1. The molecule has 1 aliphatic carbocycles. The molecular weight excluding hydrogens is 346 g/mol. The number of hydrogen-bond acceptors (Lipinski definition) is 5. The van der Waals surface area contributed by atoms with E-state index in [1.165, 1.54) is 23.2 Å². The summed E-state index contributed by atoms with van der Waals surface area (Å²) in [5.74, 6) is 0.448. The molecule has 2 aromatic heterocycles. The summed E-state index contributed by atoms with van der Waals surface area (Å²) < 4.78 is 5.88. The molecule has 0 fully saturated rings. The fourth-order valence-electron chi connectivity index (χ4n) is 3.53. The van der Waals surface area contributed by atoms with Crippen LogP contribution in [0.25, 0.3) is 10.2 Å². The van der Waals surface area contributed by atoms with E-state index in [-0.39, 0.29) is 18.6 Å². The number of nitrogens with zero attached hydrogens (tertiary/aromatic N) is 3. The van der Waals surface area contributed by atoms with Gasteiger partial charge in [-0.15, -0.1) is 11.3 Å². The second-order valence-electron chi connectivity index (χ2n) is 6.70. The molecular formula is C20H21N3O2S. The highest BCUT2D eigenvalue weighted by Gasteiger charge is 2.24. The number of carbonyl (C=O) groups is 1. The lowest BCUT2D eigenvalue weighted by molar-refractivity contribution is -0.121. The number of carbonyl (C=O) groups excluding carboxylic acids is 1. The predicted molar refractivity (Wildman–Crippen MR) is 104 cm³/mol. The van der Waals surface area contributed by atoms with E-state index in [9.17, 15) is 4.79 Å². The minimum atomic E-state index is -0.0789. The lowest BCUT2D eigenvalue weighted by atomic mass is 10.2. The minimum Gasteiger partial charge on any atom is -0.467 e. The highest BCUT2D eigenvalue weighted by Crippen LogP contribution is 2.39. The molecule has 6 heteroatoms. The summed E-state index contributed by atoms with van der Waals surface area (Å²) in [5.41, 5.74) is 2.18. The minimum absolute atomic E-state index is 0.0379. The van der Waals surface area contributed by atoms with Crippen LogP contribution in [-0.4, -0.2) is 28.5 Å². The molecule has 1 aromatic carbocycles. The van der Waals surface area contributed by atoms with Crippen molar-refractivity contribution in [2.24, 2.45) is 0 Å². The SMILES string of the molecule is CC(C)N(C(=O)COc1ncnc2sc3c(c12)CCC3)c1ccccc1. The summed E-state index contributed by atoms with van der Waals surface area (Å²) in [7, 11) is 0. The van der Waals surface area contributed by atoms with Crippen LogP contribution in [-0.2, 0) is 17.6 Å². The molecule has 0 unspecified atom stereocenters. The highest BCUT2D eigenvalue weighted by atomic mass is 32.1. The van der Waals surface area contributed by atoms with Crippen LogP contribution >= 0.6 is 11.3 Å². The number of para-hydroxylation sites is 1. The molecule has 1 aliphatic rings. The smallest absolute Gasteiger partial charge is 0.265 e. The molecule has 0 radical (unpaired) electrons. The van der Waals surface area contributed by atoms with Crippen LogP contribution in [0.5, 0.6) is 5.88 Å². The van der Waals surface area contributed by atoms with Gasteiger partial charge >= 0.3 is 0 Å². The van der Waals surface area contributed by atoms with Crippen LogP contribution in [0.3, 0.4) is 0 Å². The number of rotatable bonds is 5. The van der Waals surface area contributed by atoms with Crippen LogP contribution < -0.4 is 9.64 Å². The van der Waals surface area contributed by atoms with Crippen molar-refractivity contribution in [3.8, 4) is 5.88 Å². The van der Waals surface area contributed by atoms with Gasteiger partial charge < -0.3 is 9.64 Å². The first kappa shape index (κ1) is 17.0. The average Bonchev–Trinajstić information content (AvgIpc) is 3.21. The average molecular weight is 367 g/mol. The van der Waals surface area contributed by atoms with Gasteiger partial charge in [-0.25, -0.2) is 9.97 Å². The fourth-order valence-corrected chi connectivity index (χ4v) is 4.75. The van der Waals surface area contributed by atoms with E-state index < -0.39 is 0 Å². The number of thiophene rings is 1. The van der Waals surface area contributed by atoms with Crippen molar-refractivity contribution >= 4 is 33.1 Å². The summed E-state index contributed by atoms with van der Waals surface area (Å²) in [5, 5.41) is 0.994. The largest absolute Gasteiger partial charge is 0.467 e. The molecule has 2 heterocycles. The van der Waals surface area contributed by atoms with Gasteiger partial charge in [-0.2, -0.15) is 0 Å². The maximum Gasteiger partial charge on any atom is 0.265 e. The Morgan fingerprint density at radius 3 is 2.81 bits per heavy atom. The van der Waals surface area contributed by atoms with E-state index in [1.54, 1.807) is 16.2 Å². The summed E-state index contributed by atoms with van der Waals surface area (Å²) in [4.78, 5) is 25.6. The molecule has 0 aliphatic heterocycles. The topological polar surface area (TPSA) is 55.3 Å². The van der Waals surface area contributed by atoms with E-state index in [4.69, 9.17) is 4.74 Å². The summed E-state index contributed by atoms with van der Waals surface area (Å²) >= 11 is 1.72. The normalized spacial score (nSPS) is 13.2. The van der Waals surface area contributed by atoms with Crippen LogP contribution in [0, 0.1) is 0 Å². The highest BCUT2D eigenvalue weighted by molar-refractivity contribution is 7.18. The van der Waals surface area contributed by atoms with Gasteiger partial charge in [0.25, 0.3) is 5.91 Å². The van der Waals surface area contributed by atoms with Gasteiger partial charge in [-0.3, -0.25) is 4.79 Å². The number of amides is 1. The molecule has 5 nitrogen and oxygen atoms in total. The maximum atomic E-state index is 12.8.